The Morgan fingerprint density at radius 3 is 2.51 bits per heavy atom. The van der Waals surface area contributed by atoms with Crippen molar-refractivity contribution in [3.8, 4) is 11.5 Å². The van der Waals surface area contributed by atoms with Crippen LogP contribution in [0.2, 0.25) is 0 Å². The Labute approximate surface area is 209 Å². The molecule has 1 aromatic heterocycles. The molecular weight excluding hydrogens is 462 g/mol. The summed E-state index contributed by atoms with van der Waals surface area (Å²) in [5.74, 6) is -0.0147. The van der Waals surface area contributed by atoms with Crippen LogP contribution in [0.15, 0.2) is 65.6 Å². The Bertz CT molecular complexity index is 1260. The van der Waals surface area contributed by atoms with Crippen LogP contribution in [0, 0.1) is 0 Å². The number of aliphatic hydroxyl groups excluding tert-OH is 1. The summed E-state index contributed by atoms with van der Waals surface area (Å²) in [4.78, 5) is 28.9. The molecule has 1 fully saturated rings. The minimum absolute atomic E-state index is 0.0891. The van der Waals surface area contributed by atoms with Crippen molar-refractivity contribution in [1.29, 1.82) is 0 Å². The number of hydrogen-bond donors (Lipinski definition) is 1. The fraction of sp³-hybridized carbons (Fsp3) is 0.286. The van der Waals surface area contributed by atoms with E-state index in [-0.39, 0.29) is 23.8 Å². The summed E-state index contributed by atoms with van der Waals surface area (Å²) in [6.45, 7) is 6.70. The average molecular weight is 492 g/mol. The third-order valence-electron chi connectivity index (χ3n) is 6.09. The molecule has 6 nitrogen and oxygen atoms in total. The highest BCUT2D eigenvalue weighted by Gasteiger charge is 2.46. The standard InChI is InChI=1S/C28H29NO5S/c1-5-34-22-13-12-18(15-20(22)17(2)3)26(30)24-25(23-11-8-14-35-23)29(28(32)27(24)31)16-19-9-6-7-10-21(19)33-4/h6-15,17,25,30H,5,16H2,1-4H3/b26-24-. The van der Waals surface area contributed by atoms with Crippen LogP contribution in [0.25, 0.3) is 5.76 Å². The zero-order valence-corrected chi connectivity index (χ0v) is 21.1. The topological polar surface area (TPSA) is 76.1 Å². The minimum atomic E-state index is -0.700. The molecule has 3 aromatic rings. The first-order valence-electron chi connectivity index (χ1n) is 11.6. The predicted molar refractivity (Wildman–Crippen MR) is 137 cm³/mol. The lowest BCUT2D eigenvalue weighted by Gasteiger charge is -2.25. The van der Waals surface area contributed by atoms with Gasteiger partial charge in [0.25, 0.3) is 11.7 Å². The number of likely N-dealkylation sites (tertiary alicyclic amines) is 1. The summed E-state index contributed by atoms with van der Waals surface area (Å²) in [6.07, 6.45) is 0. The maximum atomic E-state index is 13.3. The highest BCUT2D eigenvalue weighted by molar-refractivity contribution is 7.10. The molecule has 4 rings (SSSR count). The monoisotopic (exact) mass is 491 g/mol. The van der Waals surface area contributed by atoms with Crippen molar-refractivity contribution in [2.75, 3.05) is 13.7 Å². The van der Waals surface area contributed by atoms with Crippen LogP contribution in [-0.2, 0) is 16.1 Å². The number of ether oxygens (including phenoxy) is 2. The van der Waals surface area contributed by atoms with E-state index in [1.807, 2.05) is 68.6 Å². The number of amides is 1. The molecule has 1 aliphatic heterocycles. The molecule has 2 heterocycles. The van der Waals surface area contributed by atoms with Crippen molar-refractivity contribution in [3.63, 3.8) is 0 Å². The molecule has 2 aromatic carbocycles. The van der Waals surface area contributed by atoms with E-state index in [0.717, 1.165) is 21.8 Å². The summed E-state index contributed by atoms with van der Waals surface area (Å²) in [6, 6.07) is 15.8. The number of hydrogen-bond acceptors (Lipinski definition) is 6. The molecule has 1 N–H and O–H groups in total. The van der Waals surface area contributed by atoms with Gasteiger partial charge in [-0.3, -0.25) is 9.59 Å². The van der Waals surface area contributed by atoms with Gasteiger partial charge in [0.05, 0.1) is 31.9 Å². The molecular formula is C28H29NO5S. The molecule has 0 saturated carbocycles. The van der Waals surface area contributed by atoms with Crippen molar-refractivity contribution >= 4 is 28.8 Å². The van der Waals surface area contributed by atoms with E-state index < -0.39 is 17.7 Å². The lowest BCUT2D eigenvalue weighted by atomic mass is 9.95. The second-order valence-electron chi connectivity index (χ2n) is 8.59. The highest BCUT2D eigenvalue weighted by atomic mass is 32.1. The van der Waals surface area contributed by atoms with E-state index in [9.17, 15) is 14.7 Å². The second-order valence-corrected chi connectivity index (χ2v) is 9.57. The van der Waals surface area contributed by atoms with Crippen molar-refractivity contribution in [2.24, 2.45) is 0 Å². The van der Waals surface area contributed by atoms with Crippen molar-refractivity contribution < 1.29 is 24.2 Å². The van der Waals surface area contributed by atoms with Crippen molar-refractivity contribution in [1.82, 2.24) is 4.90 Å². The summed E-state index contributed by atoms with van der Waals surface area (Å²) < 4.78 is 11.2. The van der Waals surface area contributed by atoms with Gasteiger partial charge < -0.3 is 19.5 Å². The number of aliphatic hydroxyl groups is 1. The summed E-state index contributed by atoms with van der Waals surface area (Å²) >= 11 is 1.44. The highest BCUT2D eigenvalue weighted by Crippen LogP contribution is 2.43. The van der Waals surface area contributed by atoms with Crippen LogP contribution in [0.3, 0.4) is 0 Å². The van der Waals surface area contributed by atoms with Gasteiger partial charge in [-0.2, -0.15) is 0 Å². The van der Waals surface area contributed by atoms with E-state index in [1.165, 1.54) is 16.2 Å². The fourth-order valence-corrected chi connectivity index (χ4v) is 5.24. The molecule has 1 atom stereocenters. The molecule has 182 valence electrons. The number of thiophene rings is 1. The molecule has 0 spiro atoms. The molecule has 0 aliphatic carbocycles. The van der Waals surface area contributed by atoms with Crippen LogP contribution < -0.4 is 9.47 Å². The van der Waals surface area contributed by atoms with Gasteiger partial charge in [0, 0.05) is 16.0 Å². The zero-order valence-electron chi connectivity index (χ0n) is 20.3. The van der Waals surface area contributed by atoms with Gasteiger partial charge in [-0.05, 0) is 54.1 Å². The Balaban J connectivity index is 1.84. The molecule has 1 unspecified atom stereocenters. The molecule has 1 amide bonds. The number of benzene rings is 2. The normalized spacial score (nSPS) is 17.3. The number of rotatable bonds is 8. The first kappa shape index (κ1) is 24.5. The van der Waals surface area contributed by atoms with E-state index in [0.29, 0.717) is 17.9 Å². The lowest BCUT2D eigenvalue weighted by molar-refractivity contribution is -0.140. The summed E-state index contributed by atoms with van der Waals surface area (Å²) in [7, 11) is 1.57. The number of methoxy groups -OCH3 is 1. The third kappa shape index (κ3) is 4.68. The number of nitrogens with zero attached hydrogens (tertiary/aromatic N) is 1. The number of Topliss-reactive ketones (excluding diaryl/α,β-unsaturated/α-hetero) is 1. The van der Waals surface area contributed by atoms with Gasteiger partial charge in [-0.25, -0.2) is 0 Å². The molecule has 0 radical (unpaired) electrons. The molecule has 0 bridgehead atoms. The third-order valence-corrected chi connectivity index (χ3v) is 7.02. The van der Waals surface area contributed by atoms with Gasteiger partial charge in [0.15, 0.2) is 0 Å². The lowest BCUT2D eigenvalue weighted by Crippen LogP contribution is -2.29. The summed E-state index contributed by atoms with van der Waals surface area (Å²) in [5, 5.41) is 13.3. The van der Waals surface area contributed by atoms with E-state index in [2.05, 4.69) is 0 Å². The quantitative estimate of drug-likeness (QED) is 0.241. The smallest absolute Gasteiger partial charge is 0.295 e. The maximum absolute atomic E-state index is 13.3. The van der Waals surface area contributed by atoms with E-state index in [4.69, 9.17) is 9.47 Å². The van der Waals surface area contributed by atoms with Crippen LogP contribution in [0.1, 0.15) is 54.3 Å². The van der Waals surface area contributed by atoms with Crippen molar-refractivity contribution in [3.05, 3.63) is 87.1 Å². The molecule has 7 heteroatoms. The van der Waals surface area contributed by atoms with Gasteiger partial charge in [0.2, 0.25) is 0 Å². The van der Waals surface area contributed by atoms with Gasteiger partial charge >= 0.3 is 0 Å². The number of carbonyl (C=O) groups excluding carboxylic acids is 2. The molecule has 35 heavy (non-hydrogen) atoms. The SMILES string of the molecule is CCOc1ccc(/C(O)=C2/C(=O)C(=O)N(Cc3ccccc3OC)C2c2cccs2)cc1C(C)C. The second kappa shape index (κ2) is 10.4. The van der Waals surface area contributed by atoms with Crippen LogP contribution in [0.4, 0.5) is 0 Å². The minimum Gasteiger partial charge on any atom is -0.507 e. The van der Waals surface area contributed by atoms with E-state index in [1.54, 1.807) is 19.2 Å². The average Bonchev–Trinajstić information content (AvgIpc) is 3.47. The Morgan fingerprint density at radius 1 is 1.09 bits per heavy atom. The van der Waals surface area contributed by atoms with E-state index >= 15 is 0 Å². The van der Waals surface area contributed by atoms with Crippen LogP contribution >= 0.6 is 11.3 Å². The Hall–Kier alpha value is -3.58. The Morgan fingerprint density at radius 2 is 1.86 bits per heavy atom. The van der Waals surface area contributed by atoms with Crippen LogP contribution in [0.5, 0.6) is 11.5 Å². The van der Waals surface area contributed by atoms with Gasteiger partial charge in [-0.1, -0.05) is 38.1 Å². The Kier molecular flexibility index (Phi) is 7.26. The summed E-state index contributed by atoms with van der Waals surface area (Å²) in [5.41, 5.74) is 2.27. The van der Waals surface area contributed by atoms with Gasteiger partial charge in [-0.15, -0.1) is 11.3 Å². The fourth-order valence-electron chi connectivity index (χ4n) is 4.39. The first-order valence-corrected chi connectivity index (χ1v) is 12.5. The zero-order chi connectivity index (χ0) is 25.1. The first-order chi connectivity index (χ1) is 16.9. The molecule has 1 aliphatic rings. The maximum Gasteiger partial charge on any atom is 0.295 e. The van der Waals surface area contributed by atoms with Crippen LogP contribution in [-0.4, -0.2) is 35.4 Å². The molecule has 1 saturated heterocycles. The predicted octanol–water partition coefficient (Wildman–Crippen LogP) is 5.90. The van der Waals surface area contributed by atoms with Gasteiger partial charge in [0.1, 0.15) is 17.3 Å². The number of ketones is 1. The number of para-hydroxylation sites is 1. The van der Waals surface area contributed by atoms with Crippen molar-refractivity contribution in [2.45, 2.75) is 39.3 Å². The number of carbonyl (C=O) groups is 2. The largest absolute Gasteiger partial charge is 0.507 e.